The fourth-order valence-electron chi connectivity index (χ4n) is 1.89. The second-order valence-electron chi connectivity index (χ2n) is 4.88. The van der Waals surface area contributed by atoms with Crippen LogP contribution in [-0.4, -0.2) is 12.7 Å². The Labute approximate surface area is 120 Å². The minimum Gasteiger partial charge on any atom is -0.449 e. The minimum absolute atomic E-state index is 0.432. The molecule has 112 valence electrons. The maximum absolute atomic E-state index is 11.6. The summed E-state index contributed by atoms with van der Waals surface area (Å²) in [6.45, 7) is 2.63. The highest BCUT2D eigenvalue weighted by molar-refractivity contribution is 5.89. The number of amides is 1. The van der Waals surface area contributed by atoms with Crippen molar-refractivity contribution in [3.8, 4) is 0 Å². The number of benzene rings is 1. The summed E-state index contributed by atoms with van der Waals surface area (Å²) >= 11 is 0. The number of nitrogen functional groups attached to an aromatic ring is 2. The summed E-state index contributed by atoms with van der Waals surface area (Å²) in [6, 6.07) is 4.94. The van der Waals surface area contributed by atoms with Crippen molar-refractivity contribution in [3.05, 3.63) is 18.2 Å². The van der Waals surface area contributed by atoms with Crippen molar-refractivity contribution in [1.82, 2.24) is 0 Å². The molecule has 0 radical (unpaired) electrons. The molecule has 0 fully saturated rings. The van der Waals surface area contributed by atoms with E-state index in [0.717, 1.165) is 12.8 Å². The molecule has 0 aliphatic rings. The molecular formula is C15H25N3O2. The van der Waals surface area contributed by atoms with Crippen LogP contribution in [0, 0.1) is 0 Å². The smallest absolute Gasteiger partial charge is 0.411 e. The van der Waals surface area contributed by atoms with Crippen molar-refractivity contribution in [2.24, 2.45) is 0 Å². The fourth-order valence-corrected chi connectivity index (χ4v) is 1.89. The second-order valence-corrected chi connectivity index (χ2v) is 4.88. The van der Waals surface area contributed by atoms with E-state index in [1.165, 1.54) is 25.7 Å². The number of carbonyl (C=O) groups is 1. The van der Waals surface area contributed by atoms with Crippen molar-refractivity contribution >= 4 is 23.2 Å². The van der Waals surface area contributed by atoms with E-state index in [4.69, 9.17) is 16.2 Å². The maximum atomic E-state index is 11.6. The van der Waals surface area contributed by atoms with Crippen LogP contribution in [0.5, 0.6) is 0 Å². The number of hydrogen-bond acceptors (Lipinski definition) is 4. The summed E-state index contributed by atoms with van der Waals surface area (Å²) in [4.78, 5) is 11.6. The molecule has 5 nitrogen and oxygen atoms in total. The third kappa shape index (κ3) is 6.31. The lowest BCUT2D eigenvalue weighted by Gasteiger charge is -2.09. The highest BCUT2D eigenvalue weighted by atomic mass is 16.5. The Bertz CT molecular complexity index is 422. The largest absolute Gasteiger partial charge is 0.449 e. The number of nitrogens with one attached hydrogen (secondary N) is 1. The quantitative estimate of drug-likeness (QED) is 0.499. The van der Waals surface area contributed by atoms with E-state index >= 15 is 0 Å². The Morgan fingerprint density at radius 1 is 1.15 bits per heavy atom. The standard InChI is InChI=1S/C15H25N3O2/c1-2-3-4-5-6-7-10-20-15(19)18-14-9-8-12(16)11-13(14)17/h8-9,11H,2-7,10,16-17H2,1H3,(H,18,19). The normalized spacial score (nSPS) is 10.2. The number of anilines is 3. The van der Waals surface area contributed by atoms with Gasteiger partial charge in [0.05, 0.1) is 18.0 Å². The molecule has 0 bridgehead atoms. The number of ether oxygens (including phenoxy) is 1. The van der Waals surface area contributed by atoms with Crippen LogP contribution in [0.3, 0.4) is 0 Å². The van der Waals surface area contributed by atoms with Crippen LogP contribution in [-0.2, 0) is 4.74 Å². The van der Waals surface area contributed by atoms with E-state index < -0.39 is 6.09 Å². The molecule has 1 aromatic carbocycles. The molecule has 5 heteroatoms. The molecule has 0 heterocycles. The molecule has 20 heavy (non-hydrogen) atoms. The van der Waals surface area contributed by atoms with E-state index in [-0.39, 0.29) is 0 Å². The summed E-state index contributed by atoms with van der Waals surface area (Å²) in [7, 11) is 0. The van der Waals surface area contributed by atoms with Crippen LogP contribution in [0.25, 0.3) is 0 Å². The van der Waals surface area contributed by atoms with Gasteiger partial charge >= 0.3 is 6.09 Å². The first kappa shape index (κ1) is 16.1. The number of rotatable bonds is 8. The predicted octanol–water partition coefficient (Wildman–Crippen LogP) is 3.76. The molecule has 1 rings (SSSR count). The first-order valence-corrected chi connectivity index (χ1v) is 7.22. The van der Waals surface area contributed by atoms with Crippen molar-refractivity contribution in [1.29, 1.82) is 0 Å². The van der Waals surface area contributed by atoms with Gasteiger partial charge in [0, 0.05) is 5.69 Å². The van der Waals surface area contributed by atoms with E-state index in [9.17, 15) is 4.79 Å². The van der Waals surface area contributed by atoms with Gasteiger partial charge < -0.3 is 16.2 Å². The van der Waals surface area contributed by atoms with Gasteiger partial charge in [0.25, 0.3) is 0 Å². The highest BCUT2D eigenvalue weighted by Gasteiger charge is 2.06. The van der Waals surface area contributed by atoms with Gasteiger partial charge in [-0.05, 0) is 24.6 Å². The Balaban J connectivity index is 2.17. The van der Waals surface area contributed by atoms with Gasteiger partial charge in [-0.2, -0.15) is 0 Å². The molecule has 1 amide bonds. The van der Waals surface area contributed by atoms with Crippen molar-refractivity contribution < 1.29 is 9.53 Å². The van der Waals surface area contributed by atoms with Crippen LogP contribution < -0.4 is 16.8 Å². The molecule has 0 aromatic heterocycles. The fraction of sp³-hybridized carbons (Fsp3) is 0.533. The molecule has 0 unspecified atom stereocenters. The van der Waals surface area contributed by atoms with E-state index in [0.29, 0.717) is 23.7 Å². The average Bonchev–Trinajstić information content (AvgIpc) is 2.41. The Morgan fingerprint density at radius 2 is 1.85 bits per heavy atom. The lowest BCUT2D eigenvalue weighted by atomic mass is 10.1. The molecule has 0 spiro atoms. The third-order valence-corrected chi connectivity index (χ3v) is 3.04. The second kappa shape index (κ2) is 9.07. The van der Waals surface area contributed by atoms with Gasteiger partial charge in [0.2, 0.25) is 0 Å². The van der Waals surface area contributed by atoms with Crippen LogP contribution in [0.2, 0.25) is 0 Å². The van der Waals surface area contributed by atoms with Crippen LogP contribution in [0.15, 0.2) is 18.2 Å². The average molecular weight is 279 g/mol. The highest BCUT2D eigenvalue weighted by Crippen LogP contribution is 2.21. The molecule has 0 saturated carbocycles. The van der Waals surface area contributed by atoms with Gasteiger partial charge in [0.15, 0.2) is 0 Å². The Morgan fingerprint density at radius 3 is 2.55 bits per heavy atom. The van der Waals surface area contributed by atoms with Gasteiger partial charge in [-0.15, -0.1) is 0 Å². The molecular weight excluding hydrogens is 254 g/mol. The number of unbranched alkanes of at least 4 members (excludes halogenated alkanes) is 5. The van der Waals surface area contributed by atoms with Gasteiger partial charge in [0.1, 0.15) is 0 Å². The lowest BCUT2D eigenvalue weighted by molar-refractivity contribution is 0.159. The van der Waals surface area contributed by atoms with Crippen molar-refractivity contribution in [2.45, 2.75) is 45.4 Å². The Hall–Kier alpha value is -1.91. The summed E-state index contributed by atoms with van der Waals surface area (Å²) in [5.74, 6) is 0. The monoisotopic (exact) mass is 279 g/mol. The van der Waals surface area contributed by atoms with E-state index in [2.05, 4.69) is 12.2 Å². The minimum atomic E-state index is -0.477. The zero-order valence-corrected chi connectivity index (χ0v) is 12.2. The van der Waals surface area contributed by atoms with Gasteiger partial charge in [-0.25, -0.2) is 4.79 Å². The predicted molar refractivity (Wildman–Crippen MR) is 83.6 cm³/mol. The topological polar surface area (TPSA) is 90.4 Å². The Kier molecular flexibility index (Phi) is 7.32. The number of hydrogen-bond donors (Lipinski definition) is 3. The van der Waals surface area contributed by atoms with Gasteiger partial charge in [-0.3, -0.25) is 5.32 Å². The van der Waals surface area contributed by atoms with Gasteiger partial charge in [-0.1, -0.05) is 39.0 Å². The molecule has 1 aromatic rings. The van der Waals surface area contributed by atoms with Crippen molar-refractivity contribution in [3.63, 3.8) is 0 Å². The molecule has 0 aliphatic carbocycles. The molecule has 0 atom stereocenters. The first-order chi connectivity index (χ1) is 9.63. The van der Waals surface area contributed by atoms with E-state index in [1.54, 1.807) is 18.2 Å². The summed E-state index contributed by atoms with van der Waals surface area (Å²) < 4.78 is 5.10. The van der Waals surface area contributed by atoms with Crippen LogP contribution >= 0.6 is 0 Å². The van der Waals surface area contributed by atoms with Crippen LogP contribution in [0.4, 0.5) is 21.9 Å². The number of carbonyl (C=O) groups excluding carboxylic acids is 1. The van der Waals surface area contributed by atoms with Crippen molar-refractivity contribution in [2.75, 3.05) is 23.4 Å². The number of nitrogens with two attached hydrogens (primary N) is 2. The first-order valence-electron chi connectivity index (χ1n) is 7.22. The summed E-state index contributed by atoms with van der Waals surface area (Å²) in [5.41, 5.74) is 12.8. The molecule has 5 N–H and O–H groups in total. The lowest BCUT2D eigenvalue weighted by Crippen LogP contribution is -2.15. The van der Waals surface area contributed by atoms with E-state index in [1.807, 2.05) is 0 Å². The molecule has 0 aliphatic heterocycles. The molecule has 0 saturated heterocycles. The third-order valence-electron chi connectivity index (χ3n) is 3.04. The van der Waals surface area contributed by atoms with Crippen LogP contribution in [0.1, 0.15) is 45.4 Å². The zero-order chi connectivity index (χ0) is 14.8. The zero-order valence-electron chi connectivity index (χ0n) is 12.2. The summed E-state index contributed by atoms with van der Waals surface area (Å²) in [6.07, 6.45) is 6.48. The maximum Gasteiger partial charge on any atom is 0.411 e. The SMILES string of the molecule is CCCCCCCCOC(=O)Nc1ccc(N)cc1N. The summed E-state index contributed by atoms with van der Waals surface area (Å²) in [5, 5.41) is 2.61.